The molecule has 1 atom stereocenters. The minimum Gasteiger partial charge on any atom is -0.465 e. The highest BCUT2D eigenvalue weighted by Crippen LogP contribution is 2.43. The summed E-state index contributed by atoms with van der Waals surface area (Å²) < 4.78 is 13.8. The van der Waals surface area contributed by atoms with Crippen LogP contribution in [0.4, 0.5) is 10.6 Å². The number of halogens is 1. The molecule has 1 saturated carbocycles. The van der Waals surface area contributed by atoms with Crippen LogP contribution in [0, 0.1) is 5.92 Å². The number of carboxylic acid groups (broad SMARTS) is 1. The summed E-state index contributed by atoms with van der Waals surface area (Å²) in [7, 11) is 0. The summed E-state index contributed by atoms with van der Waals surface area (Å²) in [6.45, 7) is 6.65. The number of aromatic nitrogens is 4. The topological polar surface area (TPSA) is 129 Å². The van der Waals surface area contributed by atoms with E-state index < -0.39 is 11.6 Å². The lowest BCUT2D eigenvalue weighted by molar-refractivity contribution is 0.0345. The van der Waals surface area contributed by atoms with Gasteiger partial charge in [0.15, 0.2) is 34.0 Å². The number of ether oxygens (including phenoxy) is 2. The number of nitrogen functional groups attached to an aromatic ring is 1. The van der Waals surface area contributed by atoms with Crippen molar-refractivity contribution in [3.63, 3.8) is 0 Å². The Kier molecular flexibility index (Phi) is 7.63. The zero-order valence-corrected chi connectivity index (χ0v) is 24.2. The van der Waals surface area contributed by atoms with Gasteiger partial charge >= 0.3 is 6.09 Å². The first-order valence-electron chi connectivity index (χ1n) is 12.9. The van der Waals surface area contributed by atoms with Crippen LogP contribution in [0.25, 0.3) is 11.5 Å². The number of anilines is 1. The average Bonchev–Trinajstić information content (AvgIpc) is 3.49. The Hall–Kier alpha value is -2.73. The Morgan fingerprint density at radius 1 is 1.24 bits per heavy atom. The Balaban J connectivity index is 1.41. The molecule has 1 unspecified atom stereocenters. The molecule has 5 rings (SSSR count). The second kappa shape index (κ2) is 10.8. The molecule has 3 aliphatic heterocycles. The van der Waals surface area contributed by atoms with E-state index in [1.807, 2.05) is 37.5 Å². The third-order valence-electron chi connectivity index (χ3n) is 7.22. The largest absolute Gasteiger partial charge is 0.465 e. The van der Waals surface area contributed by atoms with E-state index in [1.165, 1.54) is 18.2 Å². The van der Waals surface area contributed by atoms with Gasteiger partial charge in [-0.3, -0.25) is 0 Å². The number of nitrogens with zero attached hydrogens (tertiary/aromatic N) is 5. The molecule has 0 saturated heterocycles. The van der Waals surface area contributed by atoms with Crippen LogP contribution in [-0.4, -0.2) is 54.0 Å². The lowest BCUT2D eigenvalue weighted by Gasteiger charge is -2.44. The van der Waals surface area contributed by atoms with E-state index in [-0.39, 0.29) is 12.8 Å². The summed E-state index contributed by atoms with van der Waals surface area (Å²) >= 11 is 4.99. The van der Waals surface area contributed by atoms with Crippen LogP contribution in [0.5, 0.6) is 11.5 Å². The van der Waals surface area contributed by atoms with Crippen molar-refractivity contribution in [1.82, 2.24) is 24.4 Å². The molecule has 0 bridgehead atoms. The smallest absolute Gasteiger partial charge is 0.407 e. The molecule has 3 heterocycles. The van der Waals surface area contributed by atoms with Gasteiger partial charge < -0.3 is 29.8 Å². The number of carbonyl (C=O) groups is 1. The minimum absolute atomic E-state index is 0.103. The summed E-state index contributed by atoms with van der Waals surface area (Å²) in [5.41, 5.74) is 6.21. The second-order valence-corrected chi connectivity index (χ2v) is 12.7. The van der Waals surface area contributed by atoms with Crippen molar-refractivity contribution in [2.45, 2.75) is 87.5 Å². The van der Waals surface area contributed by atoms with Gasteiger partial charge in [-0.15, -0.1) is 0 Å². The Labute approximate surface area is 234 Å². The number of aryl methyl sites for hydroxylation is 1. The van der Waals surface area contributed by atoms with Crippen molar-refractivity contribution >= 4 is 39.6 Å². The molecule has 38 heavy (non-hydrogen) atoms. The van der Waals surface area contributed by atoms with Gasteiger partial charge in [-0.25, -0.2) is 19.7 Å². The number of amides is 1. The fraction of sp³-hybridized carbons (Fsp3) is 0.538. The summed E-state index contributed by atoms with van der Waals surface area (Å²) in [5, 5.41) is 10.7. The zero-order valence-electron chi connectivity index (χ0n) is 21.8. The number of benzene rings is 1. The molecule has 10 nitrogen and oxygen atoms in total. The molecule has 0 spiro atoms. The SMILES string of the molecule is CC(C)(C)N(C(=O)O)C(CCn1cnc(N)c2nc(Sc3cc4c(cc3Br)OCO4)nc1-2)C1CCCCC1. The predicted molar refractivity (Wildman–Crippen MR) is 148 cm³/mol. The summed E-state index contributed by atoms with van der Waals surface area (Å²) in [6.07, 6.45) is 7.05. The van der Waals surface area contributed by atoms with E-state index in [0.717, 1.165) is 35.1 Å². The maximum atomic E-state index is 12.4. The molecule has 0 radical (unpaired) electrons. The Morgan fingerprint density at radius 3 is 2.63 bits per heavy atom. The van der Waals surface area contributed by atoms with Crippen LogP contribution >= 0.6 is 27.7 Å². The number of hydrogen-bond acceptors (Lipinski definition) is 8. The first-order valence-corrected chi connectivity index (χ1v) is 14.5. The normalized spacial score (nSPS) is 16.6. The van der Waals surface area contributed by atoms with E-state index in [1.54, 1.807) is 11.2 Å². The summed E-state index contributed by atoms with van der Waals surface area (Å²) in [6, 6.07) is 3.67. The van der Waals surface area contributed by atoms with Gasteiger partial charge in [0.1, 0.15) is 0 Å². The van der Waals surface area contributed by atoms with Gasteiger partial charge in [0.05, 0.1) is 6.33 Å². The first-order chi connectivity index (χ1) is 18.1. The molecular formula is C26H33BrN6O4S. The standard InChI is InChI=1S/C26H33BrN6O4S/c1-26(2,3)33(25(34)35)17(15-7-5-4-6-8-15)9-10-32-13-29-22(28)21-23(32)31-24(30-21)38-20-12-19-18(11-16(20)27)36-14-37-19/h11-13,15,17H,4-10,14,28H2,1-3H3,(H,34,35). The quantitative estimate of drug-likeness (QED) is 0.327. The molecule has 0 aromatic heterocycles. The fourth-order valence-electron chi connectivity index (χ4n) is 5.51. The molecule has 1 aliphatic carbocycles. The Morgan fingerprint density at radius 2 is 1.95 bits per heavy atom. The van der Waals surface area contributed by atoms with Crippen LogP contribution < -0.4 is 15.2 Å². The van der Waals surface area contributed by atoms with Crippen molar-refractivity contribution in [2.75, 3.05) is 12.5 Å². The highest BCUT2D eigenvalue weighted by atomic mass is 79.9. The van der Waals surface area contributed by atoms with Crippen LogP contribution in [0.15, 0.2) is 33.0 Å². The van der Waals surface area contributed by atoms with Gasteiger partial charge in [0.2, 0.25) is 6.79 Å². The van der Waals surface area contributed by atoms with E-state index in [4.69, 9.17) is 20.2 Å². The number of nitrogens with two attached hydrogens (primary N) is 1. The summed E-state index contributed by atoms with van der Waals surface area (Å²) in [5.74, 6) is 2.65. The molecule has 204 valence electrons. The molecule has 1 amide bonds. The van der Waals surface area contributed by atoms with E-state index in [2.05, 4.69) is 25.9 Å². The van der Waals surface area contributed by atoms with Crippen molar-refractivity contribution < 1.29 is 19.4 Å². The van der Waals surface area contributed by atoms with E-state index in [9.17, 15) is 9.90 Å². The van der Waals surface area contributed by atoms with Gasteiger partial charge in [-0.1, -0.05) is 19.3 Å². The average molecular weight is 606 g/mol. The lowest BCUT2D eigenvalue weighted by Crippen LogP contribution is -2.54. The third-order valence-corrected chi connectivity index (χ3v) is 9.06. The third kappa shape index (κ3) is 5.51. The molecule has 1 aromatic rings. The number of hydrogen-bond donors (Lipinski definition) is 2. The summed E-state index contributed by atoms with van der Waals surface area (Å²) in [4.78, 5) is 28.8. The van der Waals surface area contributed by atoms with Crippen LogP contribution in [0.1, 0.15) is 59.3 Å². The van der Waals surface area contributed by atoms with Crippen molar-refractivity contribution in [2.24, 2.45) is 5.92 Å². The zero-order chi connectivity index (χ0) is 27.0. The van der Waals surface area contributed by atoms with Crippen LogP contribution in [0.2, 0.25) is 0 Å². The van der Waals surface area contributed by atoms with Crippen molar-refractivity contribution in [3.8, 4) is 23.0 Å². The first kappa shape index (κ1) is 26.9. The second-order valence-electron chi connectivity index (χ2n) is 10.8. The molecule has 3 N–H and O–H groups in total. The van der Waals surface area contributed by atoms with Gasteiger partial charge in [0.25, 0.3) is 0 Å². The Bertz CT molecular complexity index is 1290. The van der Waals surface area contributed by atoms with Gasteiger partial charge in [-0.2, -0.15) is 0 Å². The maximum Gasteiger partial charge on any atom is 0.407 e. The number of imidazole rings is 1. The molecule has 1 aromatic carbocycles. The molecule has 4 aliphatic rings. The van der Waals surface area contributed by atoms with Crippen LogP contribution in [0.3, 0.4) is 0 Å². The monoisotopic (exact) mass is 604 g/mol. The molecular weight excluding hydrogens is 572 g/mol. The van der Waals surface area contributed by atoms with E-state index in [0.29, 0.717) is 52.9 Å². The lowest BCUT2D eigenvalue weighted by atomic mass is 9.80. The van der Waals surface area contributed by atoms with Gasteiger partial charge in [-0.05, 0) is 85.8 Å². The van der Waals surface area contributed by atoms with Crippen LogP contribution in [-0.2, 0) is 6.54 Å². The highest BCUT2D eigenvalue weighted by molar-refractivity contribution is 9.10. The molecule has 1 fully saturated rings. The van der Waals surface area contributed by atoms with E-state index >= 15 is 0 Å². The van der Waals surface area contributed by atoms with Gasteiger partial charge in [0, 0.05) is 27.5 Å². The van der Waals surface area contributed by atoms with Crippen molar-refractivity contribution in [3.05, 3.63) is 22.9 Å². The predicted octanol–water partition coefficient (Wildman–Crippen LogP) is 6.12. The maximum absolute atomic E-state index is 12.4. The number of rotatable bonds is 7. The molecule has 12 heteroatoms. The number of fused-ring (bicyclic) bond motifs is 2. The highest BCUT2D eigenvalue weighted by Gasteiger charge is 2.38. The fourth-order valence-corrected chi connectivity index (χ4v) is 6.86. The minimum atomic E-state index is -0.875. The van der Waals surface area contributed by atoms with Crippen molar-refractivity contribution in [1.29, 1.82) is 0 Å².